The maximum atomic E-state index is 13.6. The smallest absolute Gasteiger partial charge is 0.408 e. The maximum absolute atomic E-state index is 13.6. The van der Waals surface area contributed by atoms with Crippen molar-refractivity contribution in [1.82, 2.24) is 15.5 Å². The number of ether oxygens (including phenoxy) is 1. The van der Waals surface area contributed by atoms with Crippen molar-refractivity contribution in [2.24, 2.45) is 23.2 Å². The molecule has 1 saturated heterocycles. The number of amides is 3. The van der Waals surface area contributed by atoms with Crippen LogP contribution in [0.2, 0.25) is 0 Å². The lowest BCUT2D eigenvalue weighted by Gasteiger charge is -2.35. The van der Waals surface area contributed by atoms with Gasteiger partial charge in [0.25, 0.3) is 0 Å². The Kier molecular flexibility index (Phi) is 6.16. The molecule has 10 heteroatoms. The molecule has 4 rings (SSSR count). The Balaban J connectivity index is 1.44. The van der Waals surface area contributed by atoms with Gasteiger partial charge in [-0.1, -0.05) is 26.8 Å². The summed E-state index contributed by atoms with van der Waals surface area (Å²) in [7, 11) is 0. The van der Waals surface area contributed by atoms with Crippen molar-refractivity contribution in [3.05, 3.63) is 12.7 Å². The summed E-state index contributed by atoms with van der Waals surface area (Å²) >= 11 is 0. The minimum atomic E-state index is -1.44. The number of aliphatic hydroxyl groups excluding tert-OH is 1. The molecule has 34 heavy (non-hydrogen) atoms. The summed E-state index contributed by atoms with van der Waals surface area (Å²) in [6.07, 6.45) is 2.84. The largest absolute Gasteiger partial charge is 0.479 e. The molecule has 3 saturated carbocycles. The topological polar surface area (TPSA) is 145 Å². The number of carbonyl (C=O) groups excluding carboxylic acids is 3. The molecule has 4 aliphatic rings. The van der Waals surface area contributed by atoms with Gasteiger partial charge in [0.2, 0.25) is 11.8 Å². The van der Waals surface area contributed by atoms with Gasteiger partial charge in [-0.15, -0.1) is 6.58 Å². The summed E-state index contributed by atoms with van der Waals surface area (Å²) < 4.78 is 5.55. The van der Waals surface area contributed by atoms with Gasteiger partial charge in [-0.3, -0.25) is 9.59 Å². The molecule has 3 aliphatic carbocycles. The van der Waals surface area contributed by atoms with Crippen LogP contribution in [0.25, 0.3) is 0 Å². The summed E-state index contributed by atoms with van der Waals surface area (Å²) in [5.41, 5.74) is -2.14. The van der Waals surface area contributed by atoms with E-state index in [9.17, 15) is 29.4 Å². The highest BCUT2D eigenvalue weighted by atomic mass is 16.6. The number of β-amino-alcohol motifs (C(OH)–C–C–N with tert-alkyl or cyclic N) is 1. The van der Waals surface area contributed by atoms with Gasteiger partial charge in [0.15, 0.2) is 0 Å². The summed E-state index contributed by atoms with van der Waals surface area (Å²) in [4.78, 5) is 52.2. The zero-order valence-corrected chi connectivity index (χ0v) is 20.0. The van der Waals surface area contributed by atoms with Crippen LogP contribution in [0.15, 0.2) is 12.7 Å². The second-order valence-corrected chi connectivity index (χ2v) is 11.4. The van der Waals surface area contributed by atoms with Crippen LogP contribution in [0.4, 0.5) is 4.79 Å². The first-order chi connectivity index (χ1) is 15.9. The van der Waals surface area contributed by atoms with Crippen molar-refractivity contribution >= 4 is 23.9 Å². The Morgan fingerprint density at radius 1 is 1.15 bits per heavy atom. The van der Waals surface area contributed by atoms with E-state index in [1.165, 1.54) is 17.4 Å². The molecule has 10 nitrogen and oxygen atoms in total. The predicted octanol–water partition coefficient (Wildman–Crippen LogP) is 1.03. The van der Waals surface area contributed by atoms with Crippen molar-refractivity contribution in [3.8, 4) is 0 Å². The van der Waals surface area contributed by atoms with Crippen molar-refractivity contribution in [2.45, 2.75) is 82.7 Å². The second kappa shape index (κ2) is 8.55. The number of fused-ring (bicyclic) bond motifs is 1. The second-order valence-electron chi connectivity index (χ2n) is 11.4. The third-order valence-electron chi connectivity index (χ3n) is 7.74. The number of carboxylic acids is 1. The molecular weight excluding hydrogens is 442 g/mol. The van der Waals surface area contributed by atoms with Gasteiger partial charge < -0.3 is 30.5 Å². The first-order valence-corrected chi connectivity index (χ1v) is 12.0. The third kappa shape index (κ3) is 4.64. The lowest BCUT2D eigenvalue weighted by molar-refractivity contribution is -0.146. The van der Waals surface area contributed by atoms with Crippen LogP contribution in [-0.2, 0) is 19.1 Å². The molecule has 4 N–H and O–H groups in total. The van der Waals surface area contributed by atoms with Gasteiger partial charge in [0, 0.05) is 18.9 Å². The number of aliphatic carboxylic acids is 1. The van der Waals surface area contributed by atoms with E-state index in [1.54, 1.807) is 20.8 Å². The molecule has 0 bridgehead atoms. The van der Waals surface area contributed by atoms with Crippen LogP contribution in [-0.4, -0.2) is 75.4 Å². The highest BCUT2D eigenvalue weighted by Gasteiger charge is 2.61. The summed E-state index contributed by atoms with van der Waals surface area (Å²) in [6.45, 7) is 8.90. The molecule has 4 fully saturated rings. The number of likely N-dealkylation sites (tertiary alicyclic amines) is 1. The first kappa shape index (κ1) is 24.5. The van der Waals surface area contributed by atoms with E-state index in [2.05, 4.69) is 17.2 Å². The number of alkyl carbamates (subject to hydrolysis) is 1. The van der Waals surface area contributed by atoms with E-state index in [0.29, 0.717) is 11.8 Å². The van der Waals surface area contributed by atoms with E-state index in [0.717, 1.165) is 12.8 Å². The van der Waals surface area contributed by atoms with Gasteiger partial charge in [-0.05, 0) is 42.9 Å². The minimum absolute atomic E-state index is 0.0157. The minimum Gasteiger partial charge on any atom is -0.479 e. The number of carbonyl (C=O) groups is 4. The molecule has 4 unspecified atom stereocenters. The Labute approximate surface area is 199 Å². The van der Waals surface area contributed by atoms with E-state index in [1.807, 2.05) is 0 Å². The van der Waals surface area contributed by atoms with Crippen molar-refractivity contribution in [3.63, 3.8) is 0 Å². The Morgan fingerprint density at radius 2 is 1.79 bits per heavy atom. The van der Waals surface area contributed by atoms with Crippen LogP contribution >= 0.6 is 0 Å². The molecule has 8 atom stereocenters. The van der Waals surface area contributed by atoms with E-state index >= 15 is 0 Å². The van der Waals surface area contributed by atoms with E-state index < -0.39 is 58.9 Å². The van der Waals surface area contributed by atoms with Crippen LogP contribution in [0.3, 0.4) is 0 Å². The monoisotopic (exact) mass is 477 g/mol. The van der Waals surface area contributed by atoms with Crippen molar-refractivity contribution in [1.29, 1.82) is 0 Å². The summed E-state index contributed by atoms with van der Waals surface area (Å²) in [6, 6.07) is -2.04. The van der Waals surface area contributed by atoms with Crippen molar-refractivity contribution < 1.29 is 34.1 Å². The van der Waals surface area contributed by atoms with Gasteiger partial charge in [0.1, 0.15) is 23.7 Å². The fraction of sp³-hybridized carbons (Fsp3) is 0.750. The number of carboxylic acid groups (broad SMARTS) is 1. The molecule has 1 aliphatic heterocycles. The number of nitrogens with zero attached hydrogens (tertiary/aromatic N) is 1. The highest BCUT2D eigenvalue weighted by molar-refractivity contribution is 5.96. The first-order valence-electron chi connectivity index (χ1n) is 12.0. The van der Waals surface area contributed by atoms with Crippen LogP contribution < -0.4 is 10.6 Å². The number of hydrogen-bond donors (Lipinski definition) is 4. The number of aliphatic hydroxyl groups is 1. The molecule has 1 heterocycles. The SMILES string of the molecule is C=C[C@@H]1C[C@]1(NC(=O)C1CC(O)CN1C(=O)[C@@H](NC(=O)OC1CC2C[C@H]2C1)C(C)(C)C)C(=O)O. The van der Waals surface area contributed by atoms with Gasteiger partial charge in [-0.2, -0.15) is 0 Å². The van der Waals surface area contributed by atoms with E-state index in [4.69, 9.17) is 4.74 Å². The fourth-order valence-electron chi connectivity index (χ4n) is 5.50. The zero-order chi connectivity index (χ0) is 25.0. The van der Waals surface area contributed by atoms with Gasteiger partial charge in [0.05, 0.1) is 6.10 Å². The standard InChI is InChI=1S/C24H35N3O7/c1-5-14-10-24(14,21(31)32)26-19(29)17-9-15(28)11-27(17)20(30)18(23(2,3)4)25-22(33)34-16-7-12-6-13(12)8-16/h5,12-18,28H,1,6-11H2,2-4H3,(H,25,33)(H,26,29)(H,31,32)/t12-,13?,14+,15?,16?,17?,18+,24+/m0/s1. The van der Waals surface area contributed by atoms with Crippen molar-refractivity contribution in [2.75, 3.05) is 6.54 Å². The van der Waals surface area contributed by atoms with Gasteiger partial charge >= 0.3 is 12.1 Å². The average molecular weight is 478 g/mol. The summed E-state index contributed by atoms with van der Waals surface area (Å²) in [5, 5.41) is 25.1. The maximum Gasteiger partial charge on any atom is 0.408 e. The van der Waals surface area contributed by atoms with Crippen LogP contribution in [0.1, 0.15) is 52.9 Å². The molecule has 0 aromatic heterocycles. The number of hydrogen-bond acceptors (Lipinski definition) is 6. The Bertz CT molecular complexity index is 889. The lowest BCUT2D eigenvalue weighted by Crippen LogP contribution is -2.59. The molecule has 0 spiro atoms. The fourth-order valence-corrected chi connectivity index (χ4v) is 5.50. The highest BCUT2D eigenvalue weighted by Crippen LogP contribution is 2.52. The molecule has 3 amide bonds. The third-order valence-corrected chi connectivity index (χ3v) is 7.74. The zero-order valence-electron chi connectivity index (χ0n) is 20.0. The Hall–Kier alpha value is -2.62. The van der Waals surface area contributed by atoms with Crippen LogP contribution in [0, 0.1) is 23.2 Å². The number of nitrogens with one attached hydrogen (secondary N) is 2. The summed E-state index contributed by atoms with van der Waals surface area (Å²) in [5.74, 6) is -1.43. The molecule has 0 aromatic rings. The Morgan fingerprint density at radius 3 is 2.32 bits per heavy atom. The normalized spacial score (nSPS) is 36.8. The lowest BCUT2D eigenvalue weighted by atomic mass is 9.85. The van der Waals surface area contributed by atoms with Crippen LogP contribution in [0.5, 0.6) is 0 Å². The average Bonchev–Trinajstić information content (AvgIpc) is 3.56. The molecular formula is C24H35N3O7. The predicted molar refractivity (Wildman–Crippen MR) is 120 cm³/mol. The number of rotatable bonds is 7. The quantitative estimate of drug-likeness (QED) is 0.401. The van der Waals surface area contributed by atoms with Gasteiger partial charge in [-0.25, -0.2) is 9.59 Å². The van der Waals surface area contributed by atoms with E-state index in [-0.39, 0.29) is 25.5 Å². The molecule has 0 aromatic carbocycles. The molecule has 0 radical (unpaired) electrons. The molecule has 188 valence electrons.